The molecule has 0 amide bonds. The van der Waals surface area contributed by atoms with E-state index in [0.29, 0.717) is 6.04 Å². The average molecular weight is 595 g/mol. The van der Waals surface area contributed by atoms with Crippen molar-refractivity contribution >= 4 is 17.7 Å². The highest BCUT2D eigenvalue weighted by Crippen LogP contribution is 2.54. The van der Waals surface area contributed by atoms with E-state index in [1.165, 1.54) is 35.9 Å². The number of hydrogen-bond acceptors (Lipinski definition) is 3. The first-order chi connectivity index (χ1) is 20.9. The molecule has 0 N–H and O–H groups in total. The van der Waals surface area contributed by atoms with Gasteiger partial charge in [-0.2, -0.15) is 0 Å². The summed E-state index contributed by atoms with van der Waals surface area (Å²) in [4.78, 5) is 13.5. The Kier molecular flexibility index (Phi) is 8.48. The molecule has 0 saturated carbocycles. The van der Waals surface area contributed by atoms with Crippen molar-refractivity contribution in [2.45, 2.75) is 54.2 Å². The SMILES string of the molecule is COC(=O)[C@@H]1C2CCC(C[C@@H]1c1ccc(F)cc1)[N+]2(C)CC(C)SC(c1ccccc1)(c1ccccc1)c1ccccc1. The molecule has 6 rings (SSSR count). The van der Waals surface area contributed by atoms with Gasteiger partial charge in [-0.15, -0.1) is 11.8 Å². The Hall–Kier alpha value is -3.41. The van der Waals surface area contributed by atoms with Crippen LogP contribution >= 0.6 is 11.8 Å². The second-order valence-electron chi connectivity index (χ2n) is 12.5. The Morgan fingerprint density at radius 1 is 0.860 bits per heavy atom. The van der Waals surface area contributed by atoms with E-state index in [1.54, 1.807) is 0 Å². The number of carbonyl (C=O) groups excluding carboxylic acids is 1. The minimum absolute atomic E-state index is 0.0387. The van der Waals surface area contributed by atoms with Gasteiger partial charge < -0.3 is 9.22 Å². The molecule has 222 valence electrons. The topological polar surface area (TPSA) is 26.3 Å². The van der Waals surface area contributed by atoms with E-state index in [0.717, 1.165) is 35.9 Å². The molecule has 4 unspecified atom stereocenters. The smallest absolute Gasteiger partial charge is 0.315 e. The van der Waals surface area contributed by atoms with E-state index >= 15 is 0 Å². The third-order valence-corrected chi connectivity index (χ3v) is 11.7. The lowest BCUT2D eigenvalue weighted by Gasteiger charge is -2.51. The van der Waals surface area contributed by atoms with Crippen LogP contribution in [0.4, 0.5) is 4.39 Å². The minimum Gasteiger partial charge on any atom is -0.469 e. The number of ether oxygens (including phenoxy) is 1. The summed E-state index contributed by atoms with van der Waals surface area (Å²) in [6.45, 7) is 3.30. The maximum absolute atomic E-state index is 13.8. The Balaban J connectivity index is 1.37. The van der Waals surface area contributed by atoms with Crippen molar-refractivity contribution in [1.82, 2.24) is 0 Å². The number of esters is 1. The zero-order valence-electron chi connectivity index (χ0n) is 25.2. The zero-order valence-corrected chi connectivity index (χ0v) is 26.1. The van der Waals surface area contributed by atoms with Crippen molar-refractivity contribution in [1.29, 1.82) is 0 Å². The van der Waals surface area contributed by atoms with Gasteiger partial charge in [0.1, 0.15) is 17.8 Å². The Morgan fingerprint density at radius 2 is 1.37 bits per heavy atom. The molecule has 5 heteroatoms. The molecule has 4 aromatic carbocycles. The fraction of sp³-hybridized carbons (Fsp3) is 0.342. The molecule has 0 radical (unpaired) electrons. The number of fused-ring (bicyclic) bond motifs is 2. The van der Waals surface area contributed by atoms with E-state index in [9.17, 15) is 9.18 Å². The fourth-order valence-electron chi connectivity index (χ4n) is 8.25. The van der Waals surface area contributed by atoms with Crippen molar-refractivity contribution < 1.29 is 18.4 Å². The van der Waals surface area contributed by atoms with Crippen LogP contribution in [-0.4, -0.2) is 48.5 Å². The van der Waals surface area contributed by atoms with Crippen LogP contribution in [0, 0.1) is 11.7 Å². The van der Waals surface area contributed by atoms with Gasteiger partial charge in [-0.3, -0.25) is 4.79 Å². The number of quaternary nitrogens is 1. The summed E-state index contributed by atoms with van der Waals surface area (Å²) in [5, 5.41) is 0.273. The van der Waals surface area contributed by atoms with Crippen LogP contribution in [0.5, 0.6) is 0 Å². The predicted octanol–water partition coefficient (Wildman–Crippen LogP) is 8.19. The predicted molar refractivity (Wildman–Crippen MR) is 173 cm³/mol. The van der Waals surface area contributed by atoms with Crippen molar-refractivity contribution in [3.8, 4) is 0 Å². The number of carbonyl (C=O) groups is 1. The van der Waals surface area contributed by atoms with Crippen molar-refractivity contribution in [3.05, 3.63) is 143 Å². The summed E-state index contributed by atoms with van der Waals surface area (Å²) >= 11 is 2.02. The molecule has 0 spiro atoms. The zero-order chi connectivity index (χ0) is 30.0. The number of benzene rings is 4. The molecular formula is C38H41FNO2S+. The fourth-order valence-corrected chi connectivity index (χ4v) is 10.1. The molecule has 3 nitrogen and oxygen atoms in total. The molecule has 2 fully saturated rings. The van der Waals surface area contributed by atoms with Gasteiger partial charge in [0.15, 0.2) is 0 Å². The van der Waals surface area contributed by atoms with Crippen LogP contribution in [0.25, 0.3) is 0 Å². The van der Waals surface area contributed by atoms with Crippen molar-refractivity contribution in [3.63, 3.8) is 0 Å². The van der Waals surface area contributed by atoms with Gasteiger partial charge in [-0.1, -0.05) is 103 Å². The Labute approximate surface area is 259 Å². The monoisotopic (exact) mass is 594 g/mol. The summed E-state index contributed by atoms with van der Waals surface area (Å²) < 4.78 is 19.7. The van der Waals surface area contributed by atoms with Crippen LogP contribution in [0.1, 0.15) is 54.4 Å². The molecule has 0 aromatic heterocycles. The number of methoxy groups -OCH3 is 1. The molecule has 4 aromatic rings. The number of thioether (sulfide) groups is 1. The van der Waals surface area contributed by atoms with Crippen molar-refractivity contribution in [2.75, 3.05) is 20.7 Å². The third kappa shape index (κ3) is 5.42. The third-order valence-electron chi connectivity index (χ3n) is 10.1. The number of hydrogen-bond donors (Lipinski definition) is 0. The van der Waals surface area contributed by atoms with Gasteiger partial charge in [-0.25, -0.2) is 4.39 Å². The lowest BCUT2D eigenvalue weighted by Crippen LogP contribution is -2.64. The second kappa shape index (κ2) is 12.3. The van der Waals surface area contributed by atoms with E-state index in [2.05, 4.69) is 105 Å². The van der Waals surface area contributed by atoms with E-state index in [-0.39, 0.29) is 34.9 Å². The van der Waals surface area contributed by atoms with Gasteiger partial charge in [-0.05, 0) is 41.3 Å². The molecule has 2 aliphatic rings. The highest BCUT2D eigenvalue weighted by atomic mass is 32.2. The molecule has 6 atom stereocenters. The Bertz CT molecular complexity index is 1420. The van der Waals surface area contributed by atoms with Gasteiger partial charge in [0.2, 0.25) is 0 Å². The molecule has 2 bridgehead atoms. The number of nitrogens with zero attached hydrogens (tertiary/aromatic N) is 1. The maximum atomic E-state index is 13.8. The van der Waals surface area contributed by atoms with Crippen LogP contribution in [0.3, 0.4) is 0 Å². The minimum atomic E-state index is -0.393. The van der Waals surface area contributed by atoms with Crippen LogP contribution in [-0.2, 0) is 14.3 Å². The normalized spacial score (nSPS) is 25.7. The summed E-state index contributed by atoms with van der Waals surface area (Å²) in [6.07, 6.45) is 2.99. The van der Waals surface area contributed by atoms with Gasteiger partial charge in [0.25, 0.3) is 0 Å². The first kappa shape index (κ1) is 29.7. The summed E-state index contributed by atoms with van der Waals surface area (Å²) in [5.41, 5.74) is 4.82. The molecule has 2 saturated heterocycles. The summed E-state index contributed by atoms with van der Waals surface area (Å²) in [5.74, 6) is -0.603. The number of piperidine rings is 1. The summed E-state index contributed by atoms with van der Waals surface area (Å²) in [6, 6.07) is 39.9. The highest BCUT2D eigenvalue weighted by molar-refractivity contribution is 8.01. The van der Waals surface area contributed by atoms with Crippen LogP contribution in [0.15, 0.2) is 115 Å². The quantitative estimate of drug-likeness (QED) is 0.111. The highest BCUT2D eigenvalue weighted by Gasteiger charge is 2.60. The van der Waals surface area contributed by atoms with Crippen LogP contribution < -0.4 is 0 Å². The van der Waals surface area contributed by atoms with Gasteiger partial charge in [0, 0.05) is 25.2 Å². The van der Waals surface area contributed by atoms with Crippen LogP contribution in [0.2, 0.25) is 0 Å². The largest absolute Gasteiger partial charge is 0.469 e. The van der Waals surface area contributed by atoms with E-state index in [4.69, 9.17) is 4.74 Å². The standard InChI is InChI=1S/C38H41FNO2S/c1-27(43-38(29-13-7-4-8-14-29,30-15-9-5-10-16-30)31-17-11-6-12-18-31)26-40(2)33-23-24-35(40)36(37(41)42-3)34(25-33)28-19-21-32(39)22-20-28/h4-22,27,33-36H,23-26H2,1-3H3/q+1/t27?,33?,34-,35?,36+,40?/m1/s1. The maximum Gasteiger partial charge on any atom is 0.315 e. The van der Waals surface area contributed by atoms with E-state index < -0.39 is 4.75 Å². The van der Waals surface area contributed by atoms with E-state index in [1.807, 2.05) is 23.9 Å². The number of rotatable bonds is 9. The molecule has 0 aliphatic carbocycles. The molecule has 2 aliphatic heterocycles. The first-order valence-corrected chi connectivity index (χ1v) is 16.3. The lowest BCUT2D eigenvalue weighted by atomic mass is 9.74. The summed E-state index contributed by atoms with van der Waals surface area (Å²) in [7, 11) is 3.87. The second-order valence-corrected chi connectivity index (χ2v) is 14.1. The van der Waals surface area contributed by atoms with Gasteiger partial charge >= 0.3 is 5.97 Å². The lowest BCUT2D eigenvalue weighted by molar-refractivity contribution is -0.950. The molecule has 2 heterocycles. The Morgan fingerprint density at radius 3 is 1.86 bits per heavy atom. The molecule has 43 heavy (non-hydrogen) atoms. The van der Waals surface area contributed by atoms with Crippen molar-refractivity contribution in [2.24, 2.45) is 5.92 Å². The molecular weight excluding hydrogens is 553 g/mol. The number of halogens is 1. The first-order valence-electron chi connectivity index (χ1n) is 15.4. The average Bonchev–Trinajstić information content (AvgIpc) is 3.21. The van der Waals surface area contributed by atoms with Gasteiger partial charge in [0.05, 0.1) is 36.7 Å².